The number of hydrogen-bond acceptors (Lipinski definition) is 8. The Kier molecular flexibility index (Phi) is 8.50. The Bertz CT molecular complexity index is 1360. The Morgan fingerprint density at radius 2 is 1.64 bits per heavy atom. The molecule has 1 atom stereocenters. The molecule has 1 N–H and O–H groups in total. The second-order valence-corrected chi connectivity index (χ2v) is 9.66. The van der Waals surface area contributed by atoms with Crippen molar-refractivity contribution in [3.63, 3.8) is 0 Å². The summed E-state index contributed by atoms with van der Waals surface area (Å²) in [5.74, 6) is -2.24. The van der Waals surface area contributed by atoms with Gasteiger partial charge in [0.25, 0.3) is 0 Å². The van der Waals surface area contributed by atoms with E-state index < -0.39 is 35.9 Å². The van der Waals surface area contributed by atoms with Gasteiger partial charge in [0.15, 0.2) is 5.82 Å². The number of rotatable bonds is 6. The van der Waals surface area contributed by atoms with Crippen LogP contribution in [0.15, 0.2) is 54.6 Å². The fourth-order valence-electron chi connectivity index (χ4n) is 4.60. The molecule has 2 aliphatic heterocycles. The number of carbonyl (C=O) groups is 1. The van der Waals surface area contributed by atoms with Crippen LogP contribution in [-0.2, 0) is 15.7 Å². The average molecular weight is 597 g/mol. The summed E-state index contributed by atoms with van der Waals surface area (Å²) >= 11 is 0. The van der Waals surface area contributed by atoms with Crippen molar-refractivity contribution in [2.45, 2.75) is 37.4 Å². The third kappa shape index (κ3) is 6.90. The zero-order valence-electron chi connectivity index (χ0n) is 22.0. The Hall–Kier alpha value is -3.98. The van der Waals surface area contributed by atoms with E-state index in [0.29, 0.717) is 50.5 Å². The highest BCUT2D eigenvalue weighted by molar-refractivity contribution is 6.02. The van der Waals surface area contributed by atoms with E-state index >= 15 is 0 Å². The second-order valence-electron chi connectivity index (χ2n) is 9.66. The number of hydrogen-bond donors (Lipinski definition) is 1. The number of aromatic nitrogens is 3. The largest absolute Gasteiger partial charge is 0.490 e. The quantitative estimate of drug-likeness (QED) is 0.405. The summed E-state index contributed by atoms with van der Waals surface area (Å²) in [5, 5.41) is 3.12. The van der Waals surface area contributed by atoms with E-state index in [1.54, 1.807) is 11.0 Å². The van der Waals surface area contributed by atoms with E-state index in [1.165, 1.54) is 36.4 Å². The maximum Gasteiger partial charge on any atom is 0.472 e. The maximum absolute atomic E-state index is 13.7. The lowest BCUT2D eigenvalue weighted by molar-refractivity contribution is -0.169. The number of anilines is 3. The zero-order valence-corrected chi connectivity index (χ0v) is 22.0. The van der Waals surface area contributed by atoms with Crippen molar-refractivity contribution in [3.8, 4) is 5.75 Å². The molecular formula is C27H26F6N6O3. The van der Waals surface area contributed by atoms with Crippen LogP contribution in [0, 0.1) is 0 Å². The molecule has 9 nitrogen and oxygen atoms in total. The van der Waals surface area contributed by atoms with Gasteiger partial charge in [-0.25, -0.2) is 4.90 Å². The number of benzene rings is 2. The van der Waals surface area contributed by atoms with Gasteiger partial charge in [-0.15, -0.1) is 0 Å². The summed E-state index contributed by atoms with van der Waals surface area (Å²) in [6.45, 7) is 1.88. The van der Waals surface area contributed by atoms with Gasteiger partial charge in [0, 0.05) is 39.0 Å². The maximum atomic E-state index is 13.7. The highest BCUT2D eigenvalue weighted by Crippen LogP contribution is 2.33. The monoisotopic (exact) mass is 596 g/mol. The van der Waals surface area contributed by atoms with Crippen LogP contribution in [-0.4, -0.2) is 65.9 Å². The standard InChI is InChI=1S/C27H26F6N6O3/c28-26(29,30)17-6-8-19(9-7-17)42-20-10-13-38(14-11-20)24-35-22(21-16-34-12-15-41-21)36-25(37-24)39(23(40)27(31,32)33)18-4-2-1-3-5-18/h1-9,20-21,34H,10-16H2. The molecule has 5 rings (SSSR count). The van der Waals surface area contributed by atoms with Crippen molar-refractivity contribution in [3.05, 3.63) is 66.0 Å². The molecular weight excluding hydrogens is 570 g/mol. The Morgan fingerprint density at radius 1 is 0.952 bits per heavy atom. The van der Waals surface area contributed by atoms with Gasteiger partial charge in [0.05, 0.1) is 17.9 Å². The van der Waals surface area contributed by atoms with Crippen LogP contribution in [0.1, 0.15) is 30.3 Å². The van der Waals surface area contributed by atoms with E-state index in [4.69, 9.17) is 9.47 Å². The lowest BCUT2D eigenvalue weighted by Crippen LogP contribution is -2.42. The van der Waals surface area contributed by atoms with E-state index in [9.17, 15) is 31.1 Å². The van der Waals surface area contributed by atoms with Crippen LogP contribution in [0.3, 0.4) is 0 Å². The van der Waals surface area contributed by atoms with Crippen molar-refractivity contribution >= 4 is 23.5 Å². The Morgan fingerprint density at radius 3 is 2.24 bits per heavy atom. The minimum absolute atomic E-state index is 0.0630. The minimum Gasteiger partial charge on any atom is -0.490 e. The molecule has 0 radical (unpaired) electrons. The zero-order chi connectivity index (χ0) is 29.9. The summed E-state index contributed by atoms with van der Waals surface area (Å²) in [5.41, 5.74) is -0.855. The number of ether oxygens (including phenoxy) is 2. The summed E-state index contributed by atoms with van der Waals surface area (Å²) in [6, 6.07) is 11.7. The van der Waals surface area contributed by atoms with Crippen LogP contribution in [0.2, 0.25) is 0 Å². The van der Waals surface area contributed by atoms with Gasteiger partial charge >= 0.3 is 18.3 Å². The summed E-state index contributed by atoms with van der Waals surface area (Å²) in [4.78, 5) is 27.8. The molecule has 2 fully saturated rings. The molecule has 0 spiro atoms. The third-order valence-corrected chi connectivity index (χ3v) is 6.71. The molecule has 0 bridgehead atoms. The van der Waals surface area contributed by atoms with Crippen molar-refractivity contribution in [2.24, 2.45) is 0 Å². The lowest BCUT2D eigenvalue weighted by atomic mass is 10.1. The van der Waals surface area contributed by atoms with Crippen molar-refractivity contribution < 1.29 is 40.6 Å². The number of carbonyl (C=O) groups excluding carboxylic acids is 1. The highest BCUT2D eigenvalue weighted by Gasteiger charge is 2.45. The number of piperidine rings is 1. The summed E-state index contributed by atoms with van der Waals surface area (Å²) in [7, 11) is 0. The van der Waals surface area contributed by atoms with Crippen molar-refractivity contribution in [1.29, 1.82) is 0 Å². The SMILES string of the molecule is O=C(N(c1ccccc1)c1nc(C2CNCCO2)nc(N2CCC(Oc3ccc(C(F)(F)F)cc3)CC2)n1)C(F)(F)F. The van der Waals surface area contributed by atoms with Crippen molar-refractivity contribution in [2.75, 3.05) is 42.6 Å². The van der Waals surface area contributed by atoms with Gasteiger partial charge in [0.1, 0.15) is 18.0 Å². The Labute approximate surface area is 236 Å². The molecule has 1 aromatic heterocycles. The van der Waals surface area contributed by atoms with E-state index in [0.717, 1.165) is 12.1 Å². The predicted octanol–water partition coefficient (Wildman–Crippen LogP) is 4.83. The van der Waals surface area contributed by atoms with Crippen LogP contribution in [0.4, 0.5) is 43.9 Å². The molecule has 224 valence electrons. The first-order valence-electron chi connectivity index (χ1n) is 13.1. The minimum atomic E-state index is -5.21. The number of para-hydroxylation sites is 1. The van der Waals surface area contributed by atoms with Crippen LogP contribution in [0.25, 0.3) is 0 Å². The molecule has 2 aliphatic rings. The first-order valence-corrected chi connectivity index (χ1v) is 13.1. The lowest BCUT2D eigenvalue weighted by Gasteiger charge is -2.33. The van der Waals surface area contributed by atoms with Gasteiger partial charge in [0.2, 0.25) is 11.9 Å². The van der Waals surface area contributed by atoms with Gasteiger partial charge in [-0.05, 0) is 36.4 Å². The number of halogens is 6. The molecule has 42 heavy (non-hydrogen) atoms. The fraction of sp³-hybridized carbons (Fsp3) is 0.407. The van der Waals surface area contributed by atoms with Gasteiger partial charge in [-0.3, -0.25) is 4.79 Å². The Balaban J connectivity index is 1.40. The predicted molar refractivity (Wildman–Crippen MR) is 138 cm³/mol. The van der Waals surface area contributed by atoms with Gasteiger partial charge in [-0.1, -0.05) is 18.2 Å². The number of morpholine rings is 1. The first kappa shape index (κ1) is 29.5. The molecule has 2 saturated heterocycles. The van der Waals surface area contributed by atoms with Gasteiger partial charge in [-0.2, -0.15) is 41.3 Å². The molecule has 3 heterocycles. The van der Waals surface area contributed by atoms with Crippen LogP contribution < -0.4 is 19.9 Å². The van der Waals surface area contributed by atoms with E-state index in [1.807, 2.05) is 0 Å². The average Bonchev–Trinajstić information content (AvgIpc) is 2.98. The number of alkyl halides is 6. The van der Waals surface area contributed by atoms with Crippen molar-refractivity contribution in [1.82, 2.24) is 20.3 Å². The first-order chi connectivity index (χ1) is 20.0. The molecule has 1 unspecified atom stereocenters. The number of nitrogens with zero attached hydrogens (tertiary/aromatic N) is 5. The molecule has 0 aliphatic carbocycles. The van der Waals surface area contributed by atoms with Crippen LogP contribution >= 0.6 is 0 Å². The number of nitrogens with one attached hydrogen (secondary N) is 1. The normalized spacial score (nSPS) is 18.5. The third-order valence-electron chi connectivity index (χ3n) is 6.71. The van der Waals surface area contributed by atoms with Gasteiger partial charge < -0.3 is 19.7 Å². The number of amides is 1. The molecule has 3 aromatic rings. The molecule has 2 aromatic carbocycles. The molecule has 1 amide bonds. The summed E-state index contributed by atoms with van der Waals surface area (Å²) < 4.78 is 91.3. The topological polar surface area (TPSA) is 92.7 Å². The fourth-order valence-corrected chi connectivity index (χ4v) is 4.60. The summed E-state index contributed by atoms with van der Waals surface area (Å²) in [6.07, 6.45) is -9.80. The molecule has 15 heteroatoms. The van der Waals surface area contributed by atoms with Crippen LogP contribution in [0.5, 0.6) is 5.75 Å². The van der Waals surface area contributed by atoms with E-state index in [2.05, 4.69) is 20.3 Å². The smallest absolute Gasteiger partial charge is 0.472 e. The highest BCUT2D eigenvalue weighted by atomic mass is 19.4. The molecule has 0 saturated carbocycles. The second kappa shape index (κ2) is 12.1. The van der Waals surface area contributed by atoms with E-state index in [-0.39, 0.29) is 29.3 Å².